The molecule has 0 atom stereocenters. The van der Waals surface area contributed by atoms with Crippen molar-refractivity contribution >= 4 is 45.1 Å². The van der Waals surface area contributed by atoms with Crippen LogP contribution in [0.3, 0.4) is 0 Å². The van der Waals surface area contributed by atoms with E-state index in [-0.39, 0.29) is 34.3 Å². The lowest BCUT2D eigenvalue weighted by Crippen LogP contribution is -2.48. The van der Waals surface area contributed by atoms with Crippen molar-refractivity contribution in [2.45, 2.75) is 4.90 Å². The standard InChI is InChI=1S/C25H25ClN4O6S/c1-28-11-5-8-22(28)24(32)27-23(31)17-36-25(33)20-16-19(9-10-21(20)26)37(34,35)30-14-12-29(13-15-30)18-6-3-2-4-7-18/h2-11,16H,12-15,17H2,1H3,(H,27,31,32). The van der Waals surface area contributed by atoms with E-state index in [9.17, 15) is 22.8 Å². The number of ether oxygens (including phenoxy) is 1. The lowest BCUT2D eigenvalue weighted by molar-refractivity contribution is -0.123. The number of amides is 2. The summed E-state index contributed by atoms with van der Waals surface area (Å²) in [4.78, 5) is 38.8. The molecule has 0 unspecified atom stereocenters. The molecule has 2 aromatic carbocycles. The van der Waals surface area contributed by atoms with Gasteiger partial charge >= 0.3 is 5.97 Å². The van der Waals surface area contributed by atoms with Crippen LogP contribution in [0.2, 0.25) is 5.02 Å². The largest absolute Gasteiger partial charge is 0.452 e. The second-order valence-electron chi connectivity index (χ2n) is 8.33. The highest BCUT2D eigenvalue weighted by Gasteiger charge is 2.30. The summed E-state index contributed by atoms with van der Waals surface area (Å²) in [6.45, 7) is 0.832. The Balaban J connectivity index is 1.38. The number of carbonyl (C=O) groups excluding carboxylic acids is 3. The molecule has 12 heteroatoms. The summed E-state index contributed by atoms with van der Waals surface area (Å²) in [5.74, 6) is -2.47. The molecule has 0 spiro atoms. The molecular formula is C25H25ClN4O6S. The second-order valence-corrected chi connectivity index (χ2v) is 10.7. The summed E-state index contributed by atoms with van der Waals surface area (Å²) in [5, 5.41) is 2.09. The van der Waals surface area contributed by atoms with E-state index < -0.39 is 34.4 Å². The van der Waals surface area contributed by atoms with Crippen LogP contribution < -0.4 is 10.2 Å². The first-order valence-electron chi connectivity index (χ1n) is 11.4. The first kappa shape index (κ1) is 26.4. The molecule has 4 rings (SSSR count). The van der Waals surface area contributed by atoms with Crippen LogP contribution in [0.25, 0.3) is 0 Å². The Labute approximate surface area is 219 Å². The van der Waals surface area contributed by atoms with Crippen LogP contribution in [0, 0.1) is 0 Å². The lowest BCUT2D eigenvalue weighted by Gasteiger charge is -2.35. The molecule has 37 heavy (non-hydrogen) atoms. The number of hydrogen-bond acceptors (Lipinski definition) is 7. The number of esters is 1. The third-order valence-electron chi connectivity index (χ3n) is 5.92. The van der Waals surface area contributed by atoms with Gasteiger partial charge in [-0.25, -0.2) is 13.2 Å². The molecule has 0 saturated carbocycles. The predicted octanol–water partition coefficient (Wildman–Crippen LogP) is 2.30. The molecule has 1 aliphatic heterocycles. The molecule has 1 saturated heterocycles. The molecule has 1 aliphatic rings. The summed E-state index contributed by atoms with van der Waals surface area (Å²) in [6.07, 6.45) is 1.64. The Morgan fingerprint density at radius 1 is 0.973 bits per heavy atom. The number of piperazine rings is 1. The van der Waals surface area contributed by atoms with Crippen LogP contribution in [-0.4, -0.2) is 67.9 Å². The van der Waals surface area contributed by atoms with Gasteiger partial charge in [0.25, 0.3) is 11.8 Å². The molecule has 0 bridgehead atoms. The van der Waals surface area contributed by atoms with Crippen molar-refractivity contribution < 1.29 is 27.5 Å². The Morgan fingerprint density at radius 2 is 1.68 bits per heavy atom. The molecule has 1 fully saturated rings. The molecular weight excluding hydrogens is 520 g/mol. The fourth-order valence-corrected chi connectivity index (χ4v) is 5.57. The van der Waals surface area contributed by atoms with E-state index >= 15 is 0 Å². The van der Waals surface area contributed by atoms with Gasteiger partial charge in [0.15, 0.2) is 6.61 Å². The zero-order valence-electron chi connectivity index (χ0n) is 20.0. The SMILES string of the molecule is Cn1cccc1C(=O)NC(=O)COC(=O)c1cc(S(=O)(=O)N2CCN(c3ccccc3)CC2)ccc1Cl. The normalized spacial score (nSPS) is 14.3. The van der Waals surface area contributed by atoms with Crippen LogP contribution in [0.1, 0.15) is 20.8 Å². The summed E-state index contributed by atoms with van der Waals surface area (Å²) >= 11 is 6.13. The highest BCUT2D eigenvalue weighted by atomic mass is 35.5. The minimum Gasteiger partial charge on any atom is -0.452 e. The number of para-hydroxylation sites is 1. The molecule has 0 radical (unpaired) electrons. The van der Waals surface area contributed by atoms with E-state index in [2.05, 4.69) is 10.2 Å². The zero-order chi connectivity index (χ0) is 26.6. The summed E-state index contributed by atoms with van der Waals surface area (Å²) in [6, 6.07) is 16.6. The van der Waals surface area contributed by atoms with Crippen molar-refractivity contribution in [3.05, 3.63) is 83.1 Å². The number of carbonyl (C=O) groups is 3. The predicted molar refractivity (Wildman–Crippen MR) is 137 cm³/mol. The number of nitrogens with zero attached hydrogens (tertiary/aromatic N) is 3. The maximum Gasteiger partial charge on any atom is 0.340 e. The minimum atomic E-state index is -3.90. The molecule has 3 aromatic rings. The number of hydrogen-bond donors (Lipinski definition) is 1. The van der Waals surface area contributed by atoms with Crippen molar-refractivity contribution in [1.29, 1.82) is 0 Å². The number of benzene rings is 2. The molecule has 1 aromatic heterocycles. The van der Waals surface area contributed by atoms with Gasteiger partial charge < -0.3 is 14.2 Å². The monoisotopic (exact) mass is 544 g/mol. The number of halogens is 1. The average molecular weight is 545 g/mol. The molecule has 10 nitrogen and oxygen atoms in total. The molecule has 194 valence electrons. The number of sulfonamides is 1. The maximum absolute atomic E-state index is 13.3. The molecule has 2 heterocycles. The van der Waals surface area contributed by atoms with Crippen LogP contribution in [0.4, 0.5) is 5.69 Å². The van der Waals surface area contributed by atoms with Gasteiger partial charge in [0.1, 0.15) is 5.69 Å². The number of aromatic nitrogens is 1. The maximum atomic E-state index is 13.3. The summed E-state index contributed by atoms with van der Waals surface area (Å²) in [5.41, 5.74) is 1.07. The van der Waals surface area contributed by atoms with E-state index in [4.69, 9.17) is 16.3 Å². The van der Waals surface area contributed by atoms with Crippen LogP contribution in [0.15, 0.2) is 71.8 Å². The highest BCUT2D eigenvalue weighted by Crippen LogP contribution is 2.25. The van der Waals surface area contributed by atoms with Gasteiger partial charge in [-0.1, -0.05) is 29.8 Å². The highest BCUT2D eigenvalue weighted by molar-refractivity contribution is 7.89. The fraction of sp³-hybridized carbons (Fsp3) is 0.240. The van der Waals surface area contributed by atoms with E-state index in [0.717, 1.165) is 11.8 Å². The Morgan fingerprint density at radius 3 is 2.32 bits per heavy atom. The molecule has 2 amide bonds. The van der Waals surface area contributed by atoms with Gasteiger partial charge in [0.05, 0.1) is 15.5 Å². The van der Waals surface area contributed by atoms with Crippen LogP contribution in [-0.2, 0) is 26.6 Å². The van der Waals surface area contributed by atoms with E-state index in [1.165, 1.54) is 27.1 Å². The van der Waals surface area contributed by atoms with Gasteiger partial charge in [-0.3, -0.25) is 14.9 Å². The summed E-state index contributed by atoms with van der Waals surface area (Å²) < 4.78 is 34.4. The fourth-order valence-electron chi connectivity index (χ4n) is 3.93. The Kier molecular flexibility index (Phi) is 7.96. The third kappa shape index (κ3) is 6.01. The first-order chi connectivity index (χ1) is 17.7. The van der Waals surface area contributed by atoms with Gasteiger partial charge in [-0.2, -0.15) is 4.31 Å². The van der Waals surface area contributed by atoms with Crippen molar-refractivity contribution in [1.82, 2.24) is 14.2 Å². The number of nitrogens with one attached hydrogen (secondary N) is 1. The second kappa shape index (κ2) is 11.2. The zero-order valence-corrected chi connectivity index (χ0v) is 21.5. The quantitative estimate of drug-likeness (QED) is 0.453. The van der Waals surface area contributed by atoms with Crippen molar-refractivity contribution in [3.63, 3.8) is 0 Å². The summed E-state index contributed by atoms with van der Waals surface area (Å²) in [7, 11) is -2.26. The van der Waals surface area contributed by atoms with Gasteiger partial charge in [-0.05, 0) is 42.5 Å². The number of anilines is 1. The van der Waals surface area contributed by atoms with Crippen LogP contribution in [0.5, 0.6) is 0 Å². The number of aryl methyl sites for hydroxylation is 1. The molecule has 0 aliphatic carbocycles. The van der Waals surface area contributed by atoms with Crippen molar-refractivity contribution in [3.8, 4) is 0 Å². The smallest absolute Gasteiger partial charge is 0.340 e. The lowest BCUT2D eigenvalue weighted by atomic mass is 10.2. The number of imide groups is 1. The van der Waals surface area contributed by atoms with Gasteiger partial charge in [0.2, 0.25) is 10.0 Å². The Bertz CT molecular complexity index is 1420. The van der Waals surface area contributed by atoms with Gasteiger partial charge in [0, 0.05) is 45.1 Å². The Hall–Kier alpha value is -3.67. The van der Waals surface area contributed by atoms with Crippen molar-refractivity contribution in [2.24, 2.45) is 7.05 Å². The topological polar surface area (TPSA) is 118 Å². The van der Waals surface area contributed by atoms with E-state index in [0.29, 0.717) is 13.1 Å². The first-order valence-corrected chi connectivity index (χ1v) is 13.2. The van der Waals surface area contributed by atoms with E-state index in [1.54, 1.807) is 19.3 Å². The van der Waals surface area contributed by atoms with Crippen LogP contribution >= 0.6 is 11.6 Å². The third-order valence-corrected chi connectivity index (χ3v) is 8.14. The van der Waals surface area contributed by atoms with E-state index in [1.807, 2.05) is 30.3 Å². The van der Waals surface area contributed by atoms with Crippen molar-refractivity contribution in [2.75, 3.05) is 37.7 Å². The average Bonchev–Trinajstić information content (AvgIpc) is 3.34. The minimum absolute atomic E-state index is 0.0295. The van der Waals surface area contributed by atoms with Gasteiger partial charge in [-0.15, -0.1) is 0 Å². The molecule has 1 N–H and O–H groups in total. The number of rotatable bonds is 7.